The van der Waals surface area contributed by atoms with E-state index in [9.17, 15) is 13.2 Å². The summed E-state index contributed by atoms with van der Waals surface area (Å²) in [4.78, 5) is 14.0. The number of anilines is 1. The third-order valence-corrected chi connectivity index (χ3v) is 6.37. The van der Waals surface area contributed by atoms with Crippen LogP contribution >= 0.6 is 0 Å². The van der Waals surface area contributed by atoms with E-state index in [1.165, 1.54) is 13.2 Å². The van der Waals surface area contributed by atoms with E-state index in [2.05, 4.69) is 18.7 Å². The first kappa shape index (κ1) is 14.6. The number of benzene rings is 1. The topological polar surface area (TPSA) is 54.5 Å². The Kier molecular flexibility index (Phi) is 3.00. The van der Waals surface area contributed by atoms with Gasteiger partial charge in [-0.2, -0.15) is 0 Å². The Morgan fingerprint density at radius 2 is 1.81 bits per heavy atom. The van der Waals surface area contributed by atoms with Crippen LogP contribution in [0.3, 0.4) is 0 Å². The van der Waals surface area contributed by atoms with Gasteiger partial charge in [0.25, 0.3) is 0 Å². The summed E-state index contributed by atoms with van der Waals surface area (Å²) >= 11 is 0. The molecule has 0 bridgehead atoms. The van der Waals surface area contributed by atoms with Crippen molar-refractivity contribution in [2.75, 3.05) is 24.2 Å². The van der Waals surface area contributed by atoms with Crippen LogP contribution < -0.4 is 4.90 Å². The number of Topliss-reactive ketones (excluding diaryl/α,β-unsaturated/α-hetero) is 1. The molecule has 5 heteroatoms. The van der Waals surface area contributed by atoms with E-state index in [4.69, 9.17) is 0 Å². The van der Waals surface area contributed by atoms with Gasteiger partial charge in [0.05, 0.1) is 10.6 Å². The van der Waals surface area contributed by atoms with Crippen molar-refractivity contribution >= 4 is 21.3 Å². The van der Waals surface area contributed by atoms with Crippen LogP contribution in [0.15, 0.2) is 23.1 Å². The molecule has 3 rings (SSSR count). The van der Waals surface area contributed by atoms with Gasteiger partial charge < -0.3 is 4.90 Å². The smallest absolute Gasteiger partial charge is 0.177 e. The van der Waals surface area contributed by atoms with E-state index < -0.39 is 9.84 Å². The zero-order valence-electron chi connectivity index (χ0n) is 12.9. The molecule has 2 atom stereocenters. The molecule has 1 aromatic rings. The summed E-state index contributed by atoms with van der Waals surface area (Å²) in [5, 5.41) is 0. The molecule has 0 amide bonds. The molecule has 0 spiro atoms. The molecule has 1 saturated heterocycles. The van der Waals surface area contributed by atoms with E-state index in [0.717, 1.165) is 13.1 Å². The predicted octanol–water partition coefficient (Wildman–Crippen LogP) is 2.38. The zero-order valence-corrected chi connectivity index (χ0v) is 13.7. The number of fused-ring (bicyclic) bond motifs is 1. The molecule has 114 valence electrons. The summed E-state index contributed by atoms with van der Waals surface area (Å²) in [7, 11) is -3.30. The van der Waals surface area contributed by atoms with Gasteiger partial charge in [-0.05, 0) is 42.4 Å². The van der Waals surface area contributed by atoms with Gasteiger partial charge in [0.2, 0.25) is 0 Å². The van der Waals surface area contributed by atoms with Gasteiger partial charge in [-0.1, -0.05) is 13.8 Å². The molecule has 21 heavy (non-hydrogen) atoms. The molecule has 1 aliphatic heterocycles. The van der Waals surface area contributed by atoms with Crippen molar-refractivity contribution in [3.05, 3.63) is 23.8 Å². The van der Waals surface area contributed by atoms with Crippen LogP contribution in [0.1, 0.15) is 31.1 Å². The Bertz CT molecular complexity index is 707. The largest absolute Gasteiger partial charge is 0.370 e. The highest BCUT2D eigenvalue weighted by molar-refractivity contribution is 7.90. The maximum Gasteiger partial charge on any atom is 0.177 e. The van der Waals surface area contributed by atoms with Gasteiger partial charge in [-0.15, -0.1) is 0 Å². The van der Waals surface area contributed by atoms with E-state index in [1.807, 2.05) is 0 Å². The predicted molar refractivity (Wildman–Crippen MR) is 82.5 cm³/mol. The number of hydrogen-bond donors (Lipinski definition) is 0. The number of hydrogen-bond acceptors (Lipinski definition) is 4. The first-order valence-corrected chi connectivity index (χ1v) is 9.11. The van der Waals surface area contributed by atoms with Crippen LogP contribution in [0.4, 0.5) is 5.69 Å². The van der Waals surface area contributed by atoms with Crippen molar-refractivity contribution < 1.29 is 13.2 Å². The SMILES string of the molecule is CC(=O)c1ccc(S(C)(=O)=O)c(N2C[C@@H]3[C@@H](C2)C3(C)C)c1. The second-order valence-electron chi connectivity index (χ2n) is 6.95. The van der Waals surface area contributed by atoms with Crippen molar-refractivity contribution in [3.63, 3.8) is 0 Å². The highest BCUT2D eigenvalue weighted by Gasteiger charge is 2.62. The summed E-state index contributed by atoms with van der Waals surface area (Å²) < 4.78 is 24.0. The lowest BCUT2D eigenvalue weighted by Gasteiger charge is -2.26. The molecule has 0 aromatic heterocycles. The van der Waals surface area contributed by atoms with E-state index in [1.54, 1.807) is 18.2 Å². The lowest BCUT2D eigenvalue weighted by Crippen LogP contribution is -2.27. The third kappa shape index (κ3) is 2.27. The normalized spacial score (nSPS) is 26.6. The quantitative estimate of drug-likeness (QED) is 0.805. The first-order valence-electron chi connectivity index (χ1n) is 7.22. The summed E-state index contributed by atoms with van der Waals surface area (Å²) in [6.45, 7) is 7.79. The average Bonchev–Trinajstić information content (AvgIpc) is 2.78. The Hall–Kier alpha value is -1.36. The second kappa shape index (κ2) is 4.32. The average molecular weight is 307 g/mol. The zero-order chi connectivity index (χ0) is 15.6. The van der Waals surface area contributed by atoms with Gasteiger partial charge >= 0.3 is 0 Å². The van der Waals surface area contributed by atoms with E-state index in [0.29, 0.717) is 33.4 Å². The minimum absolute atomic E-state index is 0.0408. The minimum Gasteiger partial charge on any atom is -0.370 e. The number of rotatable bonds is 3. The fourth-order valence-electron chi connectivity index (χ4n) is 3.63. The van der Waals surface area contributed by atoms with Gasteiger partial charge in [-0.3, -0.25) is 4.79 Å². The van der Waals surface area contributed by atoms with Gasteiger partial charge in [0.1, 0.15) is 0 Å². The highest BCUT2D eigenvalue weighted by Crippen LogP contribution is 2.62. The van der Waals surface area contributed by atoms with Crippen LogP contribution in [-0.4, -0.2) is 33.5 Å². The molecule has 2 fully saturated rings. The van der Waals surface area contributed by atoms with E-state index >= 15 is 0 Å². The molecule has 0 N–H and O–H groups in total. The monoisotopic (exact) mass is 307 g/mol. The Labute approximate surface area is 126 Å². The minimum atomic E-state index is -3.30. The third-order valence-electron chi connectivity index (χ3n) is 5.23. The first-order chi connectivity index (χ1) is 9.62. The Morgan fingerprint density at radius 1 is 1.24 bits per heavy atom. The molecule has 1 saturated carbocycles. The summed E-state index contributed by atoms with van der Waals surface area (Å²) in [5.41, 5.74) is 1.63. The van der Waals surface area contributed by atoms with Crippen LogP contribution in [-0.2, 0) is 9.84 Å². The van der Waals surface area contributed by atoms with Crippen LogP contribution in [0, 0.1) is 17.3 Å². The molecule has 4 nitrogen and oxygen atoms in total. The molecule has 1 aliphatic carbocycles. The molecule has 0 radical (unpaired) electrons. The lowest BCUT2D eigenvalue weighted by molar-refractivity contribution is 0.101. The second-order valence-corrected chi connectivity index (χ2v) is 8.93. The van der Waals surface area contributed by atoms with Crippen molar-refractivity contribution in [1.29, 1.82) is 0 Å². The standard InChI is InChI=1S/C16H21NO3S/c1-10(18)11-5-6-15(21(4,19)20)14(7-11)17-8-12-13(9-17)16(12,2)3/h5-7,12-13H,8-9H2,1-4H3/t12-,13-/m1/s1. The maximum atomic E-state index is 12.0. The fourth-order valence-corrected chi connectivity index (χ4v) is 4.51. The number of carbonyl (C=O) groups excluding carboxylic acids is 1. The van der Waals surface area contributed by atoms with Gasteiger partial charge in [-0.25, -0.2) is 8.42 Å². The maximum absolute atomic E-state index is 12.0. The Morgan fingerprint density at radius 3 is 2.29 bits per heavy atom. The highest BCUT2D eigenvalue weighted by atomic mass is 32.2. The van der Waals surface area contributed by atoms with Crippen molar-refractivity contribution in [3.8, 4) is 0 Å². The molecule has 2 aliphatic rings. The molecular formula is C16H21NO3S. The van der Waals surface area contributed by atoms with Crippen LogP contribution in [0.25, 0.3) is 0 Å². The van der Waals surface area contributed by atoms with Gasteiger partial charge in [0.15, 0.2) is 15.6 Å². The number of sulfone groups is 1. The van der Waals surface area contributed by atoms with Crippen molar-refractivity contribution in [2.24, 2.45) is 17.3 Å². The fraction of sp³-hybridized carbons (Fsp3) is 0.562. The van der Waals surface area contributed by atoms with E-state index in [-0.39, 0.29) is 5.78 Å². The Balaban J connectivity index is 2.00. The summed E-state index contributed by atoms with van der Waals surface area (Å²) in [6, 6.07) is 4.90. The number of piperidine rings is 1. The molecule has 1 aromatic carbocycles. The number of ketones is 1. The van der Waals surface area contributed by atoms with Crippen LogP contribution in [0.5, 0.6) is 0 Å². The molecule has 1 heterocycles. The van der Waals surface area contributed by atoms with Crippen molar-refractivity contribution in [2.45, 2.75) is 25.7 Å². The number of nitrogens with zero attached hydrogens (tertiary/aromatic N) is 1. The summed E-state index contributed by atoms with van der Waals surface area (Å²) in [5.74, 6) is 1.22. The lowest BCUT2D eigenvalue weighted by atomic mass is 10.1. The van der Waals surface area contributed by atoms with Gasteiger partial charge in [0, 0.05) is 24.9 Å². The van der Waals surface area contributed by atoms with Crippen molar-refractivity contribution in [1.82, 2.24) is 0 Å². The summed E-state index contributed by atoms with van der Waals surface area (Å²) in [6.07, 6.45) is 1.22. The molecular weight excluding hydrogens is 286 g/mol. The van der Waals surface area contributed by atoms with Crippen LogP contribution in [0.2, 0.25) is 0 Å². The number of carbonyl (C=O) groups is 1. The molecule has 0 unspecified atom stereocenters.